The van der Waals surface area contributed by atoms with E-state index in [4.69, 9.17) is 61.6 Å². The number of carbonyl (C=O) groups excluding carboxylic acids is 7. The first-order valence-electron chi connectivity index (χ1n) is 35.8. The van der Waals surface area contributed by atoms with Crippen molar-refractivity contribution in [1.29, 1.82) is 0 Å². The van der Waals surface area contributed by atoms with Crippen LogP contribution in [0.25, 0.3) is 32.7 Å². The van der Waals surface area contributed by atoms with Crippen molar-refractivity contribution in [3.05, 3.63) is 217 Å². The van der Waals surface area contributed by atoms with E-state index >= 15 is 0 Å². The molecule has 33 heteroatoms. The van der Waals surface area contributed by atoms with E-state index in [-0.39, 0.29) is 91.9 Å². The van der Waals surface area contributed by atoms with Gasteiger partial charge in [-0.1, -0.05) is 132 Å². The first-order valence-corrected chi connectivity index (χ1v) is 45.1. The number of aliphatic hydroxyl groups is 1. The van der Waals surface area contributed by atoms with Gasteiger partial charge in [-0.15, -0.1) is 0 Å². The monoisotopic (exact) mass is 2030 g/mol. The molecular formula is C84H106Cl4F9IN5O12SW-. The standard InChI is InChI=1S/C27H29ClF2N2O5.C24H22ClF2NO3S.C22H21ClF2N2O3.C4H8F2O.C2H6.4CH4.CH3.ClH.FH.HI.W/c1-16-6-11-22-21(12-16)20(17(2)32(22)24(34)18-7-9-19(28)10-8-18)13-23(33)36-15-27(29,30)14-31-25(35)37-26(3,4)5;1-15-4-9-21-20(12-15)19(13-22(29)31-14-24(26,27)10-3-11-32)16(2)28(21)23(30)17-5-7-18(25)8-6-17;1-13-3-8-19-18(9-13)17(10-20(28)30-12-22(24,25)11-26)14(2)27(19)21(29)15-4-6-16(23)7-5-15;1-2-4(5,6)3-7;1-2;;;;;;;;;/h6-12H,13-15H2,1-5H3,(H,31,35);4-9,11-12H,3,10,13-14H2,1-2H3;3-9H,10-12,26H2,1-2H3;7H,2-3H2,1H3;1-2H3;4*1H4;1H3;3*1H;/q;;;;;;;;;-1;;;;+2/p-2/i;;;;1D;1T;;;;;;;;. The summed E-state index contributed by atoms with van der Waals surface area (Å²) < 4.78 is 152. The molecule has 0 unspecified atom stereocenters. The number of nitrogens with one attached hydrogen (secondary N) is 1. The average molecular weight is 2040 g/mol. The number of alkyl halides is 8. The Morgan fingerprint density at radius 3 is 1.09 bits per heavy atom. The average Bonchev–Trinajstić information content (AvgIpc) is 1.62. The van der Waals surface area contributed by atoms with Gasteiger partial charge in [0.05, 0.1) is 42.4 Å². The van der Waals surface area contributed by atoms with Crippen LogP contribution < -0.4 is 23.5 Å². The van der Waals surface area contributed by atoms with Gasteiger partial charge in [0.15, 0.2) is 19.8 Å². The second kappa shape index (κ2) is 51.9. The number of hydrogen-bond acceptors (Lipinski definition) is 13. The third kappa shape index (κ3) is 34.7. The number of quaternary nitrogens is 1. The molecule has 117 heavy (non-hydrogen) atoms. The minimum atomic E-state index is -3.50. The SMILES string of the molecule is C.C.C.CCC(F)(F)CO.Cc1ccc2c(c1)c(CC(=O)OCC(F)(F)CCC=S)c(C)n2C(=O)c1ccc(Cl)cc1.Cc1ccc2c(c1)c(CC(=O)OCC(F)(F)CNC(=O)OC(C)(C)C)c(C)n2C(=O)c1ccc(Cl)cc1.Cc1ccc2c(c1)c(CC(=O)OCC(F)(F)C[NH3+])c(C)n2C(=O)c1ccc(Cl)cc1.[2H]CC.[3H]C.[CH3-].[Cl-].[F][W][I]. The molecule has 9 aromatic rings. The van der Waals surface area contributed by atoms with Crippen molar-refractivity contribution in [2.75, 3.05) is 39.5 Å². The number of thiocarbonyl (C=S) groups is 1. The van der Waals surface area contributed by atoms with Gasteiger partial charge in [-0.25, -0.2) is 31.1 Å². The van der Waals surface area contributed by atoms with E-state index < -0.39 is 115 Å². The van der Waals surface area contributed by atoms with Gasteiger partial charge in [0.2, 0.25) is 0 Å². The number of alkyl carbamates (subject to hydrolysis) is 1. The Balaban J connectivity index is -0.00000153. The third-order valence-electron chi connectivity index (χ3n) is 16.3. The number of ether oxygens (including phenoxy) is 4. The summed E-state index contributed by atoms with van der Waals surface area (Å²) in [6.45, 7) is 13.2. The molecule has 3 heterocycles. The number of aryl methyl sites for hydroxylation is 3. The molecule has 0 radical (unpaired) electrons. The van der Waals surface area contributed by atoms with Crippen LogP contribution in [0.15, 0.2) is 127 Å². The zero-order valence-corrected chi connectivity index (χ0v) is 73.9. The van der Waals surface area contributed by atoms with E-state index in [9.17, 15) is 71.8 Å². The van der Waals surface area contributed by atoms with Crippen LogP contribution in [0.3, 0.4) is 0 Å². The molecule has 0 atom stereocenters. The summed E-state index contributed by atoms with van der Waals surface area (Å²) in [6.07, 6.45) is -2.47. The molecule has 6 aromatic carbocycles. The van der Waals surface area contributed by atoms with Gasteiger partial charge in [-0.05, 0) is 200 Å². The van der Waals surface area contributed by atoms with E-state index in [1.807, 2.05) is 62.5 Å². The Bertz CT molecular complexity index is 4750. The first kappa shape index (κ1) is 110. The molecule has 0 aliphatic rings. The number of amides is 1. The number of aromatic nitrogens is 3. The fourth-order valence-corrected chi connectivity index (χ4v) is 11.1. The number of halogens is 14. The fourth-order valence-electron chi connectivity index (χ4n) is 10.6. The number of benzene rings is 6. The van der Waals surface area contributed by atoms with Crippen molar-refractivity contribution in [2.24, 2.45) is 0 Å². The molecule has 0 bridgehead atoms. The Kier molecular flexibility index (Phi) is 48.6. The molecule has 0 aliphatic heterocycles. The predicted octanol–water partition coefficient (Wildman–Crippen LogP) is 18.9. The van der Waals surface area contributed by atoms with Crippen molar-refractivity contribution in [2.45, 2.75) is 181 Å². The summed E-state index contributed by atoms with van der Waals surface area (Å²) in [5.41, 5.74) is 11.4. The van der Waals surface area contributed by atoms with Crippen LogP contribution in [0, 0.1) is 49.0 Å². The van der Waals surface area contributed by atoms with Crippen LogP contribution in [0.5, 0.6) is 0 Å². The van der Waals surface area contributed by atoms with Gasteiger partial charge in [0.25, 0.3) is 35.5 Å². The van der Waals surface area contributed by atoms with E-state index in [2.05, 4.69) is 18.0 Å². The summed E-state index contributed by atoms with van der Waals surface area (Å²) >= 11 is 22.9. The van der Waals surface area contributed by atoms with E-state index in [1.54, 1.807) is 159 Å². The number of nitrogens with zero attached hydrogens (tertiary/aromatic N) is 3. The number of aliphatic hydroxyl groups excluding tert-OH is 1. The van der Waals surface area contributed by atoms with Crippen molar-refractivity contribution in [1.82, 2.24) is 19.0 Å². The second-order valence-corrected chi connectivity index (χ2v) is 30.8. The quantitative estimate of drug-likeness (QED) is 0.0135. The van der Waals surface area contributed by atoms with Gasteiger partial charge in [-0.2, -0.15) is 8.78 Å². The number of esters is 3. The van der Waals surface area contributed by atoms with Gasteiger partial charge >= 0.3 is 67.8 Å². The van der Waals surface area contributed by atoms with Crippen LogP contribution in [0.1, 0.15) is 175 Å². The van der Waals surface area contributed by atoms with E-state index in [0.717, 1.165) is 16.7 Å². The molecule has 0 spiro atoms. The molecule has 5 N–H and O–H groups in total. The molecule has 0 saturated carbocycles. The van der Waals surface area contributed by atoms with Crippen LogP contribution in [0.4, 0.5) is 43.1 Å². The maximum atomic E-state index is 14.2. The zero-order valence-electron chi connectivity index (χ0n) is 67.0. The molecule has 17 nitrogen and oxygen atoms in total. The number of rotatable bonds is 23. The normalized spacial score (nSPS) is 11.0. The molecule has 650 valence electrons. The number of hydrogen-bond donors (Lipinski definition) is 3. The predicted molar refractivity (Wildman–Crippen MR) is 454 cm³/mol. The molecule has 3 aromatic heterocycles. The van der Waals surface area contributed by atoms with Gasteiger partial charge in [-0.3, -0.25) is 42.5 Å². The van der Waals surface area contributed by atoms with Crippen molar-refractivity contribution in [3.8, 4) is 0 Å². The first-order chi connectivity index (χ1) is 53.4. The summed E-state index contributed by atoms with van der Waals surface area (Å²) in [5, 5.41) is 14.6. The maximum absolute atomic E-state index is 14.2. The third-order valence-corrected chi connectivity index (χ3v) is 17.3. The topological polar surface area (TPSA) is 231 Å². The molecule has 9 rings (SSSR count). The van der Waals surface area contributed by atoms with E-state index in [1.165, 1.54) is 33.4 Å². The van der Waals surface area contributed by atoms with Crippen LogP contribution in [-0.2, 0) is 68.0 Å². The Morgan fingerprint density at radius 2 is 0.846 bits per heavy atom. The molecule has 1 amide bonds. The van der Waals surface area contributed by atoms with Crippen LogP contribution in [-0.4, -0.2) is 135 Å². The van der Waals surface area contributed by atoms with E-state index in [0.29, 0.717) is 105 Å². The van der Waals surface area contributed by atoms with Gasteiger partial charge in [0.1, 0.15) is 18.8 Å². The fraction of sp³-hybridized carbons (Fsp3) is 0.393. The van der Waals surface area contributed by atoms with Crippen LogP contribution in [0.2, 0.25) is 15.1 Å². The molecular weight excluding hydrogens is 1930 g/mol. The Morgan fingerprint density at radius 1 is 0.564 bits per heavy atom. The van der Waals surface area contributed by atoms with Crippen molar-refractivity contribution >= 4 is 146 Å². The number of carbonyl (C=O) groups is 7. The van der Waals surface area contributed by atoms with Crippen LogP contribution >= 0.6 is 66.4 Å². The summed E-state index contributed by atoms with van der Waals surface area (Å²) in [7, 11) is 1.25. The summed E-state index contributed by atoms with van der Waals surface area (Å²) in [4.78, 5) is 88.6. The molecule has 0 fully saturated rings. The second-order valence-electron chi connectivity index (χ2n) is 26.0. The molecule has 0 saturated heterocycles. The molecule has 0 aliphatic carbocycles. The zero-order chi connectivity index (χ0) is 86.4. The van der Waals surface area contributed by atoms with Crippen molar-refractivity contribution in [3.63, 3.8) is 0 Å². The Hall–Kier alpha value is -7.41. The van der Waals surface area contributed by atoms with Crippen molar-refractivity contribution < 1.29 is 132 Å². The summed E-state index contributed by atoms with van der Waals surface area (Å²) in [5.74, 6) is -16.0. The number of fused-ring (bicyclic) bond motifs is 3. The summed E-state index contributed by atoms with van der Waals surface area (Å²) in [6, 6.07) is 35.9. The minimum absolute atomic E-state index is 0. The Labute approximate surface area is 729 Å². The van der Waals surface area contributed by atoms with Gasteiger partial charge in [0, 0.05) is 80.6 Å². The van der Waals surface area contributed by atoms with Gasteiger partial charge < -0.3 is 54.9 Å².